The molecule has 22 heavy (non-hydrogen) atoms. The van der Waals surface area contributed by atoms with Crippen LogP contribution in [0.25, 0.3) is 0 Å². The minimum Gasteiger partial charge on any atom is -0.459 e. The van der Waals surface area contributed by atoms with Gasteiger partial charge in [0.1, 0.15) is 0 Å². The van der Waals surface area contributed by atoms with Crippen molar-refractivity contribution in [3.8, 4) is 0 Å². The molecule has 2 rings (SSSR count). The summed E-state index contributed by atoms with van der Waals surface area (Å²) < 4.78 is 5.54. The van der Waals surface area contributed by atoms with E-state index in [1.165, 1.54) is 29.6 Å². The van der Waals surface area contributed by atoms with Crippen molar-refractivity contribution in [3.63, 3.8) is 0 Å². The Labute approximate surface area is 133 Å². The monoisotopic (exact) mass is 298 g/mol. The molecular weight excluding hydrogens is 272 g/mol. The molecular formula is C20H26O2. The lowest BCUT2D eigenvalue weighted by atomic mass is 9.90. The highest BCUT2D eigenvalue weighted by Crippen LogP contribution is 2.38. The Hall–Kier alpha value is -1.83. The fraction of sp³-hybridized carbons (Fsp3) is 0.450. The van der Waals surface area contributed by atoms with Gasteiger partial charge in [0.2, 0.25) is 0 Å². The molecule has 0 saturated heterocycles. The third-order valence-corrected chi connectivity index (χ3v) is 4.51. The van der Waals surface area contributed by atoms with Crippen molar-refractivity contribution in [1.29, 1.82) is 0 Å². The van der Waals surface area contributed by atoms with E-state index in [4.69, 9.17) is 4.74 Å². The van der Waals surface area contributed by atoms with E-state index in [0.717, 1.165) is 12.8 Å². The fourth-order valence-corrected chi connectivity index (χ4v) is 3.17. The smallest absolute Gasteiger partial charge is 0.338 e. The molecule has 0 heterocycles. The first-order valence-electron chi connectivity index (χ1n) is 8.09. The van der Waals surface area contributed by atoms with E-state index < -0.39 is 0 Å². The van der Waals surface area contributed by atoms with Crippen molar-refractivity contribution in [3.05, 3.63) is 59.2 Å². The van der Waals surface area contributed by atoms with Crippen LogP contribution in [0.5, 0.6) is 0 Å². The Kier molecular flexibility index (Phi) is 5.59. The van der Waals surface area contributed by atoms with E-state index in [1.807, 2.05) is 25.1 Å². The normalized spacial score (nSPS) is 19.1. The first-order chi connectivity index (χ1) is 10.5. The van der Waals surface area contributed by atoms with Crippen molar-refractivity contribution in [2.24, 2.45) is 5.92 Å². The molecule has 1 aliphatic carbocycles. The van der Waals surface area contributed by atoms with Gasteiger partial charge in [-0.25, -0.2) is 4.79 Å². The molecule has 0 saturated carbocycles. The van der Waals surface area contributed by atoms with Crippen molar-refractivity contribution in [2.45, 2.75) is 52.6 Å². The van der Waals surface area contributed by atoms with Crippen molar-refractivity contribution in [2.75, 3.05) is 0 Å². The summed E-state index contributed by atoms with van der Waals surface area (Å²) in [5, 5.41) is 0. The molecule has 0 fully saturated rings. The average Bonchev–Trinajstić information content (AvgIpc) is 2.87. The first-order valence-corrected chi connectivity index (χ1v) is 8.09. The lowest BCUT2D eigenvalue weighted by Gasteiger charge is -2.18. The minimum absolute atomic E-state index is 0.0700. The van der Waals surface area contributed by atoms with Crippen LogP contribution in [0.1, 0.15) is 56.8 Å². The molecule has 118 valence electrons. The standard InChI is InChI=1S/C20H26O2/c1-14(2)18-12-10-15(3)19(18)13-11-16(4)22-20(21)17-8-6-5-7-9-17/h5-9,16,18H,1,10-13H2,2-4H3/t16-,18+/m0/s1. The van der Waals surface area contributed by atoms with Crippen LogP contribution in [0.4, 0.5) is 0 Å². The Morgan fingerprint density at radius 2 is 2.05 bits per heavy atom. The molecule has 1 aromatic rings. The van der Waals surface area contributed by atoms with Gasteiger partial charge in [0.25, 0.3) is 0 Å². The number of hydrogen-bond acceptors (Lipinski definition) is 2. The number of allylic oxidation sites excluding steroid dienone is 3. The van der Waals surface area contributed by atoms with Gasteiger partial charge in [-0.2, -0.15) is 0 Å². The zero-order valence-corrected chi connectivity index (χ0v) is 13.9. The van der Waals surface area contributed by atoms with Crippen LogP contribution in [0, 0.1) is 5.92 Å². The molecule has 1 aromatic carbocycles. The molecule has 1 aliphatic rings. The second-order valence-electron chi connectivity index (χ2n) is 6.36. The van der Waals surface area contributed by atoms with E-state index in [2.05, 4.69) is 20.4 Å². The van der Waals surface area contributed by atoms with Gasteiger partial charge in [0.05, 0.1) is 11.7 Å². The van der Waals surface area contributed by atoms with Gasteiger partial charge in [-0.1, -0.05) is 41.5 Å². The number of esters is 1. The van der Waals surface area contributed by atoms with Gasteiger partial charge in [-0.15, -0.1) is 0 Å². The summed E-state index contributed by atoms with van der Waals surface area (Å²) in [7, 11) is 0. The number of carbonyl (C=O) groups is 1. The fourth-order valence-electron chi connectivity index (χ4n) is 3.17. The Morgan fingerprint density at radius 3 is 2.68 bits per heavy atom. The molecule has 0 spiro atoms. The maximum absolute atomic E-state index is 12.0. The lowest BCUT2D eigenvalue weighted by Crippen LogP contribution is -2.16. The van der Waals surface area contributed by atoms with Gasteiger partial charge in [0, 0.05) is 5.92 Å². The highest BCUT2D eigenvalue weighted by Gasteiger charge is 2.24. The highest BCUT2D eigenvalue weighted by atomic mass is 16.5. The number of ether oxygens (including phenoxy) is 1. The predicted octanol–water partition coefficient (Wildman–Crippen LogP) is 5.31. The van der Waals surface area contributed by atoms with Gasteiger partial charge < -0.3 is 4.74 Å². The molecule has 0 N–H and O–H groups in total. The van der Waals surface area contributed by atoms with E-state index in [1.54, 1.807) is 12.1 Å². The van der Waals surface area contributed by atoms with Gasteiger partial charge in [0.15, 0.2) is 0 Å². The van der Waals surface area contributed by atoms with E-state index in [-0.39, 0.29) is 12.1 Å². The van der Waals surface area contributed by atoms with Gasteiger partial charge in [-0.05, 0) is 58.6 Å². The van der Waals surface area contributed by atoms with Gasteiger partial charge >= 0.3 is 5.97 Å². The molecule has 2 heteroatoms. The summed E-state index contributed by atoms with van der Waals surface area (Å²) in [5.74, 6) is 0.290. The van der Waals surface area contributed by atoms with Crippen molar-refractivity contribution < 1.29 is 9.53 Å². The molecule has 0 unspecified atom stereocenters. The number of benzene rings is 1. The second-order valence-corrected chi connectivity index (χ2v) is 6.36. The summed E-state index contributed by atoms with van der Waals surface area (Å²) in [6.07, 6.45) is 4.15. The van der Waals surface area contributed by atoms with Crippen LogP contribution in [-0.4, -0.2) is 12.1 Å². The summed E-state index contributed by atoms with van der Waals surface area (Å²) in [6, 6.07) is 9.18. The Bertz CT molecular complexity index is 569. The van der Waals surface area contributed by atoms with Gasteiger partial charge in [-0.3, -0.25) is 0 Å². The molecule has 0 radical (unpaired) electrons. The van der Waals surface area contributed by atoms with Crippen LogP contribution in [0.2, 0.25) is 0 Å². The third kappa shape index (κ3) is 4.09. The summed E-state index contributed by atoms with van der Waals surface area (Å²) in [6.45, 7) is 10.4. The number of hydrogen-bond donors (Lipinski definition) is 0. The van der Waals surface area contributed by atoms with Crippen molar-refractivity contribution in [1.82, 2.24) is 0 Å². The summed E-state index contributed by atoms with van der Waals surface area (Å²) in [4.78, 5) is 12.0. The molecule has 0 aromatic heterocycles. The van der Waals surface area contributed by atoms with E-state index in [9.17, 15) is 4.79 Å². The predicted molar refractivity (Wildman–Crippen MR) is 90.8 cm³/mol. The maximum Gasteiger partial charge on any atom is 0.338 e. The number of rotatable bonds is 6. The molecule has 0 bridgehead atoms. The SMILES string of the molecule is C=C(C)[C@H]1CCC(C)=C1CC[C@H](C)OC(=O)c1ccccc1. The number of carbonyl (C=O) groups excluding carboxylic acids is 1. The second kappa shape index (κ2) is 7.44. The van der Waals surface area contributed by atoms with Crippen LogP contribution in [0.3, 0.4) is 0 Å². The van der Waals surface area contributed by atoms with E-state index >= 15 is 0 Å². The molecule has 0 aliphatic heterocycles. The zero-order chi connectivity index (χ0) is 16.1. The first kappa shape index (κ1) is 16.5. The largest absolute Gasteiger partial charge is 0.459 e. The zero-order valence-electron chi connectivity index (χ0n) is 13.9. The van der Waals surface area contributed by atoms with Crippen LogP contribution >= 0.6 is 0 Å². The third-order valence-electron chi connectivity index (χ3n) is 4.51. The minimum atomic E-state index is -0.235. The Balaban J connectivity index is 1.88. The summed E-state index contributed by atoms with van der Waals surface area (Å²) in [5.41, 5.74) is 4.87. The maximum atomic E-state index is 12.0. The quantitative estimate of drug-likeness (QED) is 0.525. The highest BCUT2D eigenvalue weighted by molar-refractivity contribution is 5.89. The average molecular weight is 298 g/mol. The molecule has 0 amide bonds. The molecule has 2 nitrogen and oxygen atoms in total. The molecule has 2 atom stereocenters. The van der Waals surface area contributed by atoms with Crippen LogP contribution in [0.15, 0.2) is 53.6 Å². The van der Waals surface area contributed by atoms with Crippen molar-refractivity contribution >= 4 is 5.97 Å². The lowest BCUT2D eigenvalue weighted by molar-refractivity contribution is 0.0324. The Morgan fingerprint density at radius 1 is 1.36 bits per heavy atom. The van der Waals surface area contributed by atoms with Crippen LogP contribution in [-0.2, 0) is 4.74 Å². The summed E-state index contributed by atoms with van der Waals surface area (Å²) >= 11 is 0. The van der Waals surface area contributed by atoms with Crippen LogP contribution < -0.4 is 0 Å². The topological polar surface area (TPSA) is 26.3 Å². The van der Waals surface area contributed by atoms with E-state index in [0.29, 0.717) is 11.5 Å².